The first-order valence-electron chi connectivity index (χ1n) is 8.95. The number of nitrogens with two attached hydrogens (primary N) is 2. The Bertz CT molecular complexity index is 914. The summed E-state index contributed by atoms with van der Waals surface area (Å²) in [4.78, 5) is 4.50. The monoisotopic (exact) mass is 352 g/mol. The molecule has 5 N–H and O–H groups in total. The van der Waals surface area contributed by atoms with Crippen LogP contribution in [0.15, 0.2) is 36.7 Å². The normalized spacial score (nSPS) is 20.2. The van der Waals surface area contributed by atoms with Crippen LogP contribution in [0, 0.1) is 0 Å². The maximum atomic E-state index is 6.37. The van der Waals surface area contributed by atoms with Gasteiger partial charge in [0.1, 0.15) is 11.6 Å². The summed E-state index contributed by atoms with van der Waals surface area (Å²) in [5.74, 6) is 1.62. The zero-order chi connectivity index (χ0) is 18.1. The Morgan fingerprint density at radius 1 is 1.19 bits per heavy atom. The molecule has 0 amide bonds. The third kappa shape index (κ3) is 2.94. The third-order valence-corrected chi connectivity index (χ3v) is 5.15. The van der Waals surface area contributed by atoms with Gasteiger partial charge in [0, 0.05) is 24.0 Å². The predicted octanol–water partition coefficient (Wildman–Crippen LogP) is 3.05. The van der Waals surface area contributed by atoms with Gasteiger partial charge in [-0.05, 0) is 43.7 Å². The molecule has 136 valence electrons. The van der Waals surface area contributed by atoms with E-state index in [-0.39, 0.29) is 6.04 Å². The third-order valence-electron chi connectivity index (χ3n) is 5.15. The maximum absolute atomic E-state index is 6.37. The highest BCUT2D eigenvalue weighted by Gasteiger charge is 2.27. The lowest BCUT2D eigenvalue weighted by molar-refractivity contribution is 0.396. The van der Waals surface area contributed by atoms with Crippen molar-refractivity contribution >= 4 is 22.8 Å². The van der Waals surface area contributed by atoms with Crippen molar-refractivity contribution in [2.24, 2.45) is 5.73 Å². The molecule has 0 bridgehead atoms. The second-order valence-electron chi connectivity index (χ2n) is 6.81. The van der Waals surface area contributed by atoms with Crippen LogP contribution in [0.1, 0.15) is 37.2 Å². The van der Waals surface area contributed by atoms with Crippen molar-refractivity contribution < 1.29 is 4.74 Å². The van der Waals surface area contributed by atoms with Gasteiger partial charge in [-0.2, -0.15) is 0 Å². The summed E-state index contributed by atoms with van der Waals surface area (Å²) in [7, 11) is 1.66. The molecular weight excluding hydrogens is 328 g/mol. The predicted molar refractivity (Wildman–Crippen MR) is 103 cm³/mol. The molecule has 1 fully saturated rings. The maximum Gasteiger partial charge on any atom is 0.177 e. The van der Waals surface area contributed by atoms with Gasteiger partial charge in [0.2, 0.25) is 0 Å². The van der Waals surface area contributed by atoms with Crippen LogP contribution in [0.3, 0.4) is 0 Å². The van der Waals surface area contributed by atoms with Crippen LogP contribution in [-0.2, 0) is 0 Å². The summed E-state index contributed by atoms with van der Waals surface area (Å²) in [6.45, 7) is 0. The standard InChI is InChI=1S/C19H24N6O/c1-26-15-5-3-2-4-14(15)23-17-16(12-6-8-13(20)9-7-12)18(21)24-25-11-10-22-19(17)25/h2-5,10-13,23H,6-9,20H2,1H3,(H2,21,24)/t12-,13-. The number of aromatic nitrogens is 3. The zero-order valence-electron chi connectivity index (χ0n) is 14.9. The van der Waals surface area contributed by atoms with Crippen LogP contribution in [0.25, 0.3) is 5.65 Å². The molecule has 2 aromatic heterocycles. The average molecular weight is 352 g/mol. The van der Waals surface area contributed by atoms with E-state index in [1.807, 2.05) is 24.3 Å². The van der Waals surface area contributed by atoms with E-state index in [9.17, 15) is 0 Å². The molecular formula is C19H24N6O. The Kier molecular flexibility index (Phi) is 4.38. The summed E-state index contributed by atoms with van der Waals surface area (Å²) < 4.78 is 7.20. The number of benzene rings is 1. The smallest absolute Gasteiger partial charge is 0.177 e. The van der Waals surface area contributed by atoms with Gasteiger partial charge >= 0.3 is 0 Å². The van der Waals surface area contributed by atoms with Crippen molar-refractivity contribution in [2.45, 2.75) is 37.6 Å². The Morgan fingerprint density at radius 2 is 1.96 bits per heavy atom. The summed E-state index contributed by atoms with van der Waals surface area (Å²) in [5, 5.41) is 8.02. The minimum atomic E-state index is 0.279. The van der Waals surface area contributed by atoms with Gasteiger partial charge in [-0.3, -0.25) is 0 Å². The number of anilines is 3. The molecule has 1 saturated carbocycles. The van der Waals surface area contributed by atoms with Gasteiger partial charge in [-0.25, -0.2) is 9.50 Å². The molecule has 0 radical (unpaired) electrons. The molecule has 0 atom stereocenters. The number of methoxy groups -OCH3 is 1. The fraction of sp³-hybridized carbons (Fsp3) is 0.368. The second-order valence-corrected chi connectivity index (χ2v) is 6.81. The van der Waals surface area contributed by atoms with Gasteiger partial charge < -0.3 is 21.5 Å². The molecule has 0 spiro atoms. The number of nitrogens with zero attached hydrogens (tertiary/aromatic N) is 3. The quantitative estimate of drug-likeness (QED) is 0.667. The molecule has 0 unspecified atom stereocenters. The first-order chi connectivity index (χ1) is 12.7. The second kappa shape index (κ2) is 6.84. The highest BCUT2D eigenvalue weighted by atomic mass is 16.5. The van der Waals surface area contributed by atoms with Crippen LogP contribution in [0.2, 0.25) is 0 Å². The summed E-state index contributed by atoms with van der Waals surface area (Å²) >= 11 is 0. The molecule has 1 aromatic carbocycles. The molecule has 1 aliphatic rings. The van der Waals surface area contributed by atoms with Crippen molar-refractivity contribution in [3.05, 3.63) is 42.2 Å². The van der Waals surface area contributed by atoms with Crippen LogP contribution in [0.5, 0.6) is 5.75 Å². The number of fused-ring (bicyclic) bond motifs is 1. The van der Waals surface area contributed by atoms with Crippen LogP contribution >= 0.6 is 0 Å². The van der Waals surface area contributed by atoms with Gasteiger partial charge in [0.05, 0.1) is 18.5 Å². The van der Waals surface area contributed by atoms with E-state index in [0.717, 1.165) is 54.0 Å². The first-order valence-corrected chi connectivity index (χ1v) is 8.95. The van der Waals surface area contributed by atoms with Crippen LogP contribution in [-0.4, -0.2) is 27.7 Å². The Balaban J connectivity index is 1.83. The largest absolute Gasteiger partial charge is 0.495 e. The lowest BCUT2D eigenvalue weighted by Crippen LogP contribution is -2.26. The van der Waals surface area contributed by atoms with Gasteiger partial charge in [-0.15, -0.1) is 5.10 Å². The molecule has 0 saturated heterocycles. The fourth-order valence-corrected chi connectivity index (χ4v) is 3.80. The summed E-state index contributed by atoms with van der Waals surface area (Å²) in [6, 6.07) is 8.10. The molecule has 1 aliphatic carbocycles. The van der Waals surface area contributed by atoms with E-state index in [2.05, 4.69) is 15.4 Å². The number of rotatable bonds is 4. The lowest BCUT2D eigenvalue weighted by atomic mass is 9.81. The minimum absolute atomic E-state index is 0.279. The lowest BCUT2D eigenvalue weighted by Gasteiger charge is -2.29. The van der Waals surface area contributed by atoms with Crippen molar-refractivity contribution in [3.8, 4) is 5.75 Å². The van der Waals surface area contributed by atoms with Gasteiger partial charge in [-0.1, -0.05) is 12.1 Å². The number of nitrogens with one attached hydrogen (secondary N) is 1. The molecule has 26 heavy (non-hydrogen) atoms. The van der Waals surface area contributed by atoms with Crippen molar-refractivity contribution in [1.82, 2.24) is 14.6 Å². The van der Waals surface area contributed by atoms with E-state index in [1.165, 1.54) is 0 Å². The Labute approximate surface area is 152 Å². The van der Waals surface area contributed by atoms with Crippen LogP contribution in [0.4, 0.5) is 17.2 Å². The fourth-order valence-electron chi connectivity index (χ4n) is 3.80. The Morgan fingerprint density at radius 3 is 2.73 bits per heavy atom. The van der Waals surface area contributed by atoms with E-state index in [0.29, 0.717) is 11.7 Å². The molecule has 3 aromatic rings. The number of ether oxygens (including phenoxy) is 1. The average Bonchev–Trinajstić information content (AvgIpc) is 3.11. The number of hydrogen-bond donors (Lipinski definition) is 3. The number of nitrogen functional groups attached to an aromatic ring is 1. The zero-order valence-corrected chi connectivity index (χ0v) is 14.9. The van der Waals surface area contributed by atoms with Crippen LogP contribution < -0.4 is 21.5 Å². The molecule has 4 rings (SSSR count). The Hall–Kier alpha value is -2.80. The van der Waals surface area contributed by atoms with E-state index in [4.69, 9.17) is 16.2 Å². The van der Waals surface area contributed by atoms with Gasteiger partial charge in [0.25, 0.3) is 0 Å². The SMILES string of the molecule is COc1ccccc1Nc1c2nccn2nc(N)c1[C@H]1CC[C@H](N)CC1. The van der Waals surface area contributed by atoms with E-state index >= 15 is 0 Å². The first kappa shape index (κ1) is 16.7. The molecule has 7 nitrogen and oxygen atoms in total. The van der Waals surface area contributed by atoms with Crippen molar-refractivity contribution in [2.75, 3.05) is 18.2 Å². The summed E-state index contributed by atoms with van der Waals surface area (Å²) in [6.07, 6.45) is 7.54. The molecule has 0 aliphatic heterocycles. The number of imidazole rings is 1. The molecule has 2 heterocycles. The van der Waals surface area contributed by atoms with Crippen molar-refractivity contribution in [3.63, 3.8) is 0 Å². The summed E-state index contributed by atoms with van der Waals surface area (Å²) in [5.41, 5.74) is 16.0. The topological polar surface area (TPSA) is 103 Å². The number of para-hydroxylation sites is 2. The highest BCUT2D eigenvalue weighted by Crippen LogP contribution is 2.42. The highest BCUT2D eigenvalue weighted by molar-refractivity contribution is 5.82. The van der Waals surface area contributed by atoms with Crippen molar-refractivity contribution in [1.29, 1.82) is 0 Å². The van der Waals surface area contributed by atoms with E-state index in [1.54, 1.807) is 24.0 Å². The molecule has 7 heteroatoms. The van der Waals surface area contributed by atoms with E-state index < -0.39 is 0 Å². The van der Waals surface area contributed by atoms with Gasteiger partial charge in [0.15, 0.2) is 5.65 Å². The number of hydrogen-bond acceptors (Lipinski definition) is 6. The minimum Gasteiger partial charge on any atom is -0.495 e.